The number of allylic oxidation sites excluding steroid dienone is 8. The summed E-state index contributed by atoms with van der Waals surface area (Å²) in [6.45, 7) is 15.2. The number of rotatable bonds is 53. The van der Waals surface area contributed by atoms with E-state index in [-0.39, 0.29) is 24.5 Å². The third kappa shape index (κ3) is 44.8. The van der Waals surface area contributed by atoms with E-state index in [0.717, 1.165) is 199 Å². The average Bonchev–Trinajstić information content (AvgIpc) is 3.90. The van der Waals surface area contributed by atoms with Crippen molar-refractivity contribution in [3.63, 3.8) is 0 Å². The molecule has 1 heterocycles. The highest BCUT2D eigenvalue weighted by molar-refractivity contribution is 5.69. The quantitative estimate of drug-likeness (QED) is 0.0289. The minimum Gasteiger partial charge on any atom is -0.466 e. The maximum Gasteiger partial charge on any atom is 0.305 e. The Kier molecular flexibility index (Phi) is 48.3. The van der Waals surface area contributed by atoms with Crippen molar-refractivity contribution in [2.45, 2.75) is 239 Å². The van der Waals surface area contributed by atoms with Gasteiger partial charge in [-0.1, -0.05) is 115 Å². The molecule has 0 fully saturated rings. The zero-order valence-corrected chi connectivity index (χ0v) is 45.2. The Bertz CT molecular complexity index is 1250. The Hall–Kier alpha value is -3.16. The molecule has 0 aliphatic carbocycles. The van der Waals surface area contributed by atoms with Crippen LogP contribution in [-0.2, 0) is 44.4 Å². The van der Waals surface area contributed by atoms with Crippen molar-refractivity contribution >= 4 is 11.9 Å². The van der Waals surface area contributed by atoms with Gasteiger partial charge in [0.15, 0.2) is 12.6 Å². The molecule has 0 saturated carbocycles. The predicted octanol–water partition coefficient (Wildman–Crippen LogP) is 14.5. The number of aromatic nitrogens is 3. The molecule has 12 nitrogen and oxygen atoms in total. The number of aromatic amines is 1. The smallest absolute Gasteiger partial charge is 0.305 e. The van der Waals surface area contributed by atoms with Gasteiger partial charge in [-0.25, -0.2) is 0 Å². The molecule has 1 aromatic rings. The summed E-state index contributed by atoms with van der Waals surface area (Å²) in [6, 6.07) is 0. The molecule has 0 amide bonds. The van der Waals surface area contributed by atoms with E-state index in [1.165, 1.54) is 0 Å². The minimum absolute atomic E-state index is 0.168. The highest BCUT2D eigenvalue weighted by atomic mass is 16.7. The molecule has 1 N–H and O–H groups in total. The molecule has 0 bridgehead atoms. The Morgan fingerprint density at radius 3 is 1.19 bits per heavy atom. The van der Waals surface area contributed by atoms with Gasteiger partial charge in [-0.2, -0.15) is 0 Å². The number of ether oxygens (including phenoxy) is 6. The lowest BCUT2D eigenvalue weighted by molar-refractivity contribution is -0.159. The van der Waals surface area contributed by atoms with E-state index in [0.29, 0.717) is 65.3 Å². The van der Waals surface area contributed by atoms with Crippen molar-refractivity contribution in [2.75, 3.05) is 59.3 Å². The molecule has 0 atom stereocenters. The van der Waals surface area contributed by atoms with E-state index in [4.69, 9.17) is 28.4 Å². The summed E-state index contributed by atoms with van der Waals surface area (Å²) in [5.41, 5.74) is 0. The number of carbonyl (C=O) groups excluding carboxylic acids is 2. The monoisotopic (exact) mass is 985 g/mol. The molecule has 0 aliphatic heterocycles. The molecular formula is C58H104N4O8. The third-order valence-corrected chi connectivity index (χ3v) is 11.9. The fourth-order valence-corrected chi connectivity index (χ4v) is 7.76. The summed E-state index contributed by atoms with van der Waals surface area (Å²) in [5.74, 6) is 0.589. The Labute approximate surface area is 427 Å². The van der Waals surface area contributed by atoms with Crippen molar-refractivity contribution in [2.24, 2.45) is 0 Å². The number of H-pyrrole nitrogens is 1. The second-order valence-corrected chi connectivity index (χ2v) is 18.4. The SMILES string of the molecule is CC/C=C\CCCCOC(CCC(=O)OCCCCCCCN(CCCCCCCOC(=O)CCC(OCCCC/C=C\CC)OCCCC/C=C\CC)CCc1nnc[nH]1)OCCCC/C=C\CC. The molecule has 12 heteroatoms. The molecule has 0 saturated heterocycles. The first-order chi connectivity index (χ1) is 34.5. The van der Waals surface area contributed by atoms with Gasteiger partial charge in [0.2, 0.25) is 0 Å². The summed E-state index contributed by atoms with van der Waals surface area (Å²) >= 11 is 0. The van der Waals surface area contributed by atoms with Crippen LogP contribution in [0.5, 0.6) is 0 Å². The largest absolute Gasteiger partial charge is 0.466 e. The average molecular weight is 985 g/mol. The first-order valence-corrected chi connectivity index (χ1v) is 28.5. The number of esters is 2. The van der Waals surface area contributed by atoms with Crippen LogP contribution in [0.15, 0.2) is 54.9 Å². The van der Waals surface area contributed by atoms with Crippen LogP contribution in [0, 0.1) is 0 Å². The molecule has 1 aromatic heterocycles. The fraction of sp³-hybridized carbons (Fsp3) is 0.793. The summed E-state index contributed by atoms with van der Waals surface area (Å²) in [4.78, 5) is 30.9. The number of nitrogens with one attached hydrogen (secondary N) is 1. The van der Waals surface area contributed by atoms with Crippen molar-refractivity contribution in [1.29, 1.82) is 0 Å². The van der Waals surface area contributed by atoms with E-state index in [1.807, 2.05) is 0 Å². The number of hydrogen-bond acceptors (Lipinski definition) is 11. The number of hydrogen-bond donors (Lipinski definition) is 1. The van der Waals surface area contributed by atoms with Crippen molar-refractivity contribution < 1.29 is 38.0 Å². The van der Waals surface area contributed by atoms with E-state index in [9.17, 15) is 9.59 Å². The van der Waals surface area contributed by atoms with Crippen LogP contribution in [0.4, 0.5) is 0 Å². The van der Waals surface area contributed by atoms with Crippen molar-refractivity contribution in [3.8, 4) is 0 Å². The standard InChI is InChI=1S/C58H104N4O8/c1-5-9-13-17-25-35-49-67-57(68-50-36-26-18-14-10-6-2)41-39-55(63)65-47-33-29-21-23-31-44-62(46-43-54-59-53-60-61-54)45-32-24-22-30-34-48-66-56(64)40-42-58(69-51-37-27-19-15-11-7-3)70-52-38-28-20-16-12-8-4/h9-16,53,57-58H,5-8,17-52H2,1-4H3,(H,59,60,61)/b13-9-,14-10-,15-11-,16-12-. The summed E-state index contributed by atoms with van der Waals surface area (Å²) in [5, 5.41) is 8.15. The molecule has 0 spiro atoms. The molecule has 404 valence electrons. The van der Waals surface area contributed by atoms with E-state index in [1.54, 1.807) is 6.33 Å². The fourth-order valence-electron chi connectivity index (χ4n) is 7.76. The van der Waals surface area contributed by atoms with Gasteiger partial charge < -0.3 is 38.3 Å². The lowest BCUT2D eigenvalue weighted by Gasteiger charge is -2.22. The lowest BCUT2D eigenvalue weighted by Crippen LogP contribution is -2.28. The zero-order valence-electron chi connectivity index (χ0n) is 45.2. The van der Waals surface area contributed by atoms with Crippen LogP contribution in [0.3, 0.4) is 0 Å². The second kappa shape index (κ2) is 52.2. The van der Waals surface area contributed by atoms with Gasteiger partial charge in [-0.3, -0.25) is 9.59 Å². The topological polar surface area (TPSA) is 134 Å². The first kappa shape index (κ1) is 64.9. The van der Waals surface area contributed by atoms with Crippen molar-refractivity contribution in [3.05, 3.63) is 60.8 Å². The lowest BCUT2D eigenvalue weighted by atomic mass is 10.1. The highest BCUT2D eigenvalue weighted by Gasteiger charge is 2.15. The Balaban J connectivity index is 2.30. The van der Waals surface area contributed by atoms with Gasteiger partial charge in [0.1, 0.15) is 12.2 Å². The molecule has 70 heavy (non-hydrogen) atoms. The zero-order chi connectivity index (χ0) is 50.5. The van der Waals surface area contributed by atoms with Crippen LogP contribution < -0.4 is 0 Å². The summed E-state index contributed by atoms with van der Waals surface area (Å²) in [7, 11) is 0. The Morgan fingerprint density at radius 1 is 0.471 bits per heavy atom. The van der Waals surface area contributed by atoms with Gasteiger partial charge in [-0.15, -0.1) is 10.2 Å². The van der Waals surface area contributed by atoms with E-state index in [2.05, 4.69) is 96.4 Å². The van der Waals surface area contributed by atoms with Gasteiger partial charge >= 0.3 is 11.9 Å². The van der Waals surface area contributed by atoms with Crippen LogP contribution in [-0.4, -0.2) is 104 Å². The number of carbonyl (C=O) groups is 2. The van der Waals surface area contributed by atoms with E-state index >= 15 is 0 Å². The number of nitrogens with zero attached hydrogens (tertiary/aromatic N) is 3. The molecule has 0 aliphatic rings. The normalized spacial score (nSPS) is 12.2. The Morgan fingerprint density at radius 2 is 0.829 bits per heavy atom. The van der Waals surface area contributed by atoms with Crippen LogP contribution in [0.25, 0.3) is 0 Å². The van der Waals surface area contributed by atoms with Crippen LogP contribution in [0.2, 0.25) is 0 Å². The highest BCUT2D eigenvalue weighted by Crippen LogP contribution is 2.14. The molecule has 0 unspecified atom stereocenters. The predicted molar refractivity (Wildman–Crippen MR) is 288 cm³/mol. The van der Waals surface area contributed by atoms with Gasteiger partial charge in [-0.05, 0) is 142 Å². The maximum absolute atomic E-state index is 12.6. The van der Waals surface area contributed by atoms with Crippen LogP contribution >= 0.6 is 0 Å². The van der Waals surface area contributed by atoms with Gasteiger partial charge in [0, 0.05) is 52.2 Å². The van der Waals surface area contributed by atoms with Gasteiger partial charge in [0.25, 0.3) is 0 Å². The molecular weight excluding hydrogens is 881 g/mol. The van der Waals surface area contributed by atoms with Gasteiger partial charge in [0.05, 0.1) is 26.1 Å². The summed E-state index contributed by atoms with van der Waals surface area (Å²) < 4.78 is 35.5. The van der Waals surface area contributed by atoms with Crippen molar-refractivity contribution in [1.82, 2.24) is 20.1 Å². The first-order valence-electron chi connectivity index (χ1n) is 28.5. The second-order valence-electron chi connectivity index (χ2n) is 18.4. The van der Waals surface area contributed by atoms with Crippen LogP contribution in [0.1, 0.15) is 226 Å². The minimum atomic E-state index is -0.364. The maximum atomic E-state index is 12.6. The molecule has 1 rings (SSSR count). The molecule has 0 radical (unpaired) electrons. The summed E-state index contributed by atoms with van der Waals surface area (Å²) in [6.07, 6.45) is 48.8. The number of unbranched alkanes of at least 4 members (excludes halogenated alkanes) is 16. The van der Waals surface area contributed by atoms with E-state index < -0.39 is 0 Å². The third-order valence-electron chi connectivity index (χ3n) is 11.9. The molecule has 0 aromatic carbocycles.